The molecule has 6 heteroatoms. The number of benzene rings is 1. The maximum atomic E-state index is 12.3. The summed E-state index contributed by atoms with van der Waals surface area (Å²) in [4.78, 5) is 28.1. The van der Waals surface area contributed by atoms with Gasteiger partial charge in [-0.15, -0.1) is 0 Å². The number of fused-ring (bicyclic) bond motifs is 1. The van der Waals surface area contributed by atoms with E-state index >= 15 is 0 Å². The van der Waals surface area contributed by atoms with Crippen molar-refractivity contribution >= 4 is 16.9 Å². The Balaban J connectivity index is 1.43. The fourth-order valence-electron chi connectivity index (χ4n) is 2.56. The van der Waals surface area contributed by atoms with Gasteiger partial charge in [0.15, 0.2) is 0 Å². The quantitative estimate of drug-likeness (QED) is 0.603. The summed E-state index contributed by atoms with van der Waals surface area (Å²) in [5, 5.41) is 2.90. The molecule has 0 saturated carbocycles. The van der Waals surface area contributed by atoms with Gasteiger partial charge in [0.1, 0.15) is 0 Å². The SMILES string of the molecule is O=C(NCc1ccc(-c2ccccn2)nc1)c1ccc2nc[nH]c2c1. The minimum atomic E-state index is -0.134. The van der Waals surface area contributed by atoms with Gasteiger partial charge in [-0.1, -0.05) is 12.1 Å². The molecular formula is C19H15N5O. The Bertz CT molecular complexity index is 1010. The average Bonchev–Trinajstić information content (AvgIpc) is 3.15. The predicted molar refractivity (Wildman–Crippen MR) is 94.7 cm³/mol. The van der Waals surface area contributed by atoms with Crippen molar-refractivity contribution in [3.05, 3.63) is 78.4 Å². The van der Waals surface area contributed by atoms with E-state index in [0.717, 1.165) is 28.0 Å². The number of hydrogen-bond donors (Lipinski definition) is 2. The molecule has 0 aliphatic rings. The number of aromatic amines is 1. The van der Waals surface area contributed by atoms with Crippen LogP contribution in [-0.4, -0.2) is 25.8 Å². The number of hydrogen-bond acceptors (Lipinski definition) is 4. The van der Waals surface area contributed by atoms with Crippen molar-refractivity contribution in [3.63, 3.8) is 0 Å². The van der Waals surface area contributed by atoms with Crippen LogP contribution in [0, 0.1) is 0 Å². The summed E-state index contributed by atoms with van der Waals surface area (Å²) in [7, 11) is 0. The molecule has 4 aromatic rings. The number of aromatic nitrogens is 4. The van der Waals surface area contributed by atoms with Gasteiger partial charge in [-0.05, 0) is 42.0 Å². The zero-order valence-electron chi connectivity index (χ0n) is 13.3. The Kier molecular flexibility index (Phi) is 3.92. The highest BCUT2D eigenvalue weighted by Gasteiger charge is 2.07. The van der Waals surface area contributed by atoms with Crippen molar-refractivity contribution in [2.24, 2.45) is 0 Å². The minimum Gasteiger partial charge on any atom is -0.348 e. The molecule has 0 aliphatic carbocycles. The van der Waals surface area contributed by atoms with Crippen LogP contribution in [-0.2, 0) is 6.54 Å². The number of carbonyl (C=O) groups excluding carboxylic acids is 1. The Labute approximate surface area is 144 Å². The minimum absolute atomic E-state index is 0.134. The molecule has 0 atom stereocenters. The van der Waals surface area contributed by atoms with Crippen LogP contribution >= 0.6 is 0 Å². The first kappa shape index (κ1) is 15.0. The van der Waals surface area contributed by atoms with Crippen LogP contribution in [0.25, 0.3) is 22.4 Å². The van der Waals surface area contributed by atoms with Gasteiger partial charge in [-0.25, -0.2) is 4.98 Å². The second kappa shape index (κ2) is 6.52. The number of carbonyl (C=O) groups is 1. The molecule has 25 heavy (non-hydrogen) atoms. The summed E-state index contributed by atoms with van der Waals surface area (Å²) >= 11 is 0. The highest BCUT2D eigenvalue weighted by atomic mass is 16.1. The lowest BCUT2D eigenvalue weighted by atomic mass is 10.1. The molecule has 2 N–H and O–H groups in total. The van der Waals surface area contributed by atoms with Crippen molar-refractivity contribution in [2.75, 3.05) is 0 Å². The van der Waals surface area contributed by atoms with Crippen molar-refractivity contribution in [1.29, 1.82) is 0 Å². The Morgan fingerprint density at radius 1 is 1.00 bits per heavy atom. The molecule has 0 unspecified atom stereocenters. The maximum absolute atomic E-state index is 12.3. The first-order valence-electron chi connectivity index (χ1n) is 7.87. The Morgan fingerprint density at radius 2 is 1.92 bits per heavy atom. The molecule has 1 aromatic carbocycles. The van der Waals surface area contributed by atoms with Crippen molar-refractivity contribution < 1.29 is 4.79 Å². The molecular weight excluding hydrogens is 314 g/mol. The number of pyridine rings is 2. The van der Waals surface area contributed by atoms with E-state index in [0.29, 0.717) is 12.1 Å². The highest BCUT2D eigenvalue weighted by Crippen LogP contribution is 2.14. The molecule has 6 nitrogen and oxygen atoms in total. The molecule has 0 saturated heterocycles. The summed E-state index contributed by atoms with van der Waals surface area (Å²) in [5.41, 5.74) is 4.83. The van der Waals surface area contributed by atoms with Crippen LogP contribution in [0.2, 0.25) is 0 Å². The lowest BCUT2D eigenvalue weighted by Gasteiger charge is -2.06. The molecule has 0 bridgehead atoms. The summed E-state index contributed by atoms with van der Waals surface area (Å²) in [6.07, 6.45) is 5.10. The lowest BCUT2D eigenvalue weighted by molar-refractivity contribution is 0.0951. The van der Waals surface area contributed by atoms with Gasteiger partial charge in [0, 0.05) is 24.5 Å². The second-order valence-electron chi connectivity index (χ2n) is 5.58. The van der Waals surface area contributed by atoms with E-state index in [9.17, 15) is 4.79 Å². The van der Waals surface area contributed by atoms with E-state index in [1.165, 1.54) is 0 Å². The largest absolute Gasteiger partial charge is 0.348 e. The van der Waals surface area contributed by atoms with Crippen LogP contribution < -0.4 is 5.32 Å². The monoisotopic (exact) mass is 329 g/mol. The Hall–Kier alpha value is -3.54. The van der Waals surface area contributed by atoms with E-state index < -0.39 is 0 Å². The van der Waals surface area contributed by atoms with E-state index in [2.05, 4.69) is 25.3 Å². The van der Waals surface area contributed by atoms with Crippen molar-refractivity contribution in [1.82, 2.24) is 25.3 Å². The van der Waals surface area contributed by atoms with Crippen LogP contribution in [0.1, 0.15) is 15.9 Å². The van der Waals surface area contributed by atoms with Crippen LogP contribution in [0.4, 0.5) is 0 Å². The van der Waals surface area contributed by atoms with Gasteiger partial charge in [-0.2, -0.15) is 0 Å². The van der Waals surface area contributed by atoms with E-state index in [-0.39, 0.29) is 5.91 Å². The van der Waals surface area contributed by atoms with Gasteiger partial charge in [0.2, 0.25) is 0 Å². The van der Waals surface area contributed by atoms with Crippen molar-refractivity contribution in [2.45, 2.75) is 6.54 Å². The number of nitrogens with one attached hydrogen (secondary N) is 2. The highest BCUT2D eigenvalue weighted by molar-refractivity contribution is 5.97. The molecule has 0 aliphatic heterocycles. The first-order valence-corrected chi connectivity index (χ1v) is 7.87. The zero-order chi connectivity index (χ0) is 17.1. The maximum Gasteiger partial charge on any atom is 0.251 e. The molecule has 3 aromatic heterocycles. The zero-order valence-corrected chi connectivity index (χ0v) is 13.3. The fourth-order valence-corrected chi connectivity index (χ4v) is 2.56. The summed E-state index contributed by atoms with van der Waals surface area (Å²) < 4.78 is 0. The summed E-state index contributed by atoms with van der Waals surface area (Å²) in [5.74, 6) is -0.134. The molecule has 1 amide bonds. The predicted octanol–water partition coefficient (Wildman–Crippen LogP) is 2.95. The van der Waals surface area contributed by atoms with E-state index in [1.54, 1.807) is 30.9 Å². The molecule has 4 rings (SSSR count). The first-order chi connectivity index (χ1) is 12.3. The molecule has 0 fully saturated rings. The average molecular weight is 329 g/mol. The van der Waals surface area contributed by atoms with Gasteiger partial charge in [0.05, 0.1) is 28.7 Å². The number of nitrogens with zero attached hydrogens (tertiary/aromatic N) is 3. The Morgan fingerprint density at radius 3 is 2.72 bits per heavy atom. The van der Waals surface area contributed by atoms with Crippen LogP contribution in [0.3, 0.4) is 0 Å². The van der Waals surface area contributed by atoms with Gasteiger partial charge in [-0.3, -0.25) is 14.8 Å². The van der Waals surface area contributed by atoms with Gasteiger partial charge in [0.25, 0.3) is 5.91 Å². The van der Waals surface area contributed by atoms with Gasteiger partial charge < -0.3 is 10.3 Å². The third kappa shape index (κ3) is 3.23. The number of imidazole rings is 1. The number of rotatable bonds is 4. The van der Waals surface area contributed by atoms with Crippen molar-refractivity contribution in [3.8, 4) is 11.4 Å². The molecule has 0 spiro atoms. The molecule has 3 heterocycles. The van der Waals surface area contributed by atoms with Crippen LogP contribution in [0.5, 0.6) is 0 Å². The second-order valence-corrected chi connectivity index (χ2v) is 5.58. The fraction of sp³-hybridized carbons (Fsp3) is 0.0526. The van der Waals surface area contributed by atoms with E-state index in [1.807, 2.05) is 36.4 Å². The topological polar surface area (TPSA) is 83.6 Å². The third-order valence-electron chi connectivity index (χ3n) is 3.89. The smallest absolute Gasteiger partial charge is 0.251 e. The lowest BCUT2D eigenvalue weighted by Crippen LogP contribution is -2.22. The normalized spacial score (nSPS) is 10.7. The van der Waals surface area contributed by atoms with E-state index in [4.69, 9.17) is 0 Å². The summed E-state index contributed by atoms with van der Waals surface area (Å²) in [6, 6.07) is 14.9. The third-order valence-corrected chi connectivity index (χ3v) is 3.89. The molecule has 122 valence electrons. The number of amides is 1. The summed E-state index contributed by atoms with van der Waals surface area (Å²) in [6.45, 7) is 0.412. The van der Waals surface area contributed by atoms with Crippen LogP contribution in [0.15, 0.2) is 67.3 Å². The number of H-pyrrole nitrogens is 1. The standard InChI is InChI=1S/C19H15N5O/c25-19(14-5-7-17-18(9-14)24-12-23-17)22-11-13-4-6-16(21-10-13)15-3-1-2-8-20-15/h1-10,12H,11H2,(H,22,25)(H,23,24). The van der Waals surface area contributed by atoms with Gasteiger partial charge >= 0.3 is 0 Å². The molecule has 0 radical (unpaired) electrons.